The van der Waals surface area contributed by atoms with Gasteiger partial charge in [-0.15, -0.1) is 0 Å². The lowest BCUT2D eigenvalue weighted by Gasteiger charge is -2.33. The molecule has 1 aromatic heterocycles. The molecule has 33 heavy (non-hydrogen) atoms. The SMILES string of the molecule is COc1ccc(Nc2nc(Cl)ncc2Cl)cc1CCc1cccc(N(C(=O)O)C(C)(C)C)c1. The smallest absolute Gasteiger partial charge is 0.412 e. The monoisotopic (exact) mass is 488 g/mol. The number of hydrogen-bond acceptors (Lipinski definition) is 5. The van der Waals surface area contributed by atoms with Gasteiger partial charge in [-0.2, -0.15) is 4.98 Å². The van der Waals surface area contributed by atoms with E-state index in [9.17, 15) is 9.90 Å². The maximum absolute atomic E-state index is 11.8. The van der Waals surface area contributed by atoms with Crippen molar-refractivity contribution in [1.29, 1.82) is 0 Å². The Hall–Kier alpha value is -3.03. The summed E-state index contributed by atoms with van der Waals surface area (Å²) in [6.45, 7) is 5.61. The molecule has 2 aromatic carbocycles. The van der Waals surface area contributed by atoms with Gasteiger partial charge >= 0.3 is 6.09 Å². The average Bonchev–Trinajstić information content (AvgIpc) is 2.74. The predicted octanol–water partition coefficient (Wildman–Crippen LogP) is 6.60. The Morgan fingerprint density at radius 1 is 1.15 bits per heavy atom. The summed E-state index contributed by atoms with van der Waals surface area (Å²) < 4.78 is 5.53. The van der Waals surface area contributed by atoms with E-state index in [4.69, 9.17) is 27.9 Å². The molecule has 3 aromatic rings. The zero-order chi connectivity index (χ0) is 24.2. The summed E-state index contributed by atoms with van der Waals surface area (Å²) in [4.78, 5) is 21.2. The predicted molar refractivity (Wildman–Crippen MR) is 132 cm³/mol. The Kier molecular flexibility index (Phi) is 7.66. The second-order valence-corrected chi connectivity index (χ2v) is 9.19. The number of halogens is 2. The van der Waals surface area contributed by atoms with Gasteiger partial charge in [-0.3, -0.25) is 4.90 Å². The molecule has 3 rings (SSSR count). The third kappa shape index (κ3) is 6.27. The first-order chi connectivity index (χ1) is 15.6. The third-order valence-electron chi connectivity index (χ3n) is 4.97. The van der Waals surface area contributed by atoms with Crippen molar-refractivity contribution in [3.63, 3.8) is 0 Å². The zero-order valence-electron chi connectivity index (χ0n) is 18.9. The fourth-order valence-corrected chi connectivity index (χ4v) is 3.81. The number of anilines is 3. The van der Waals surface area contributed by atoms with Crippen molar-refractivity contribution in [3.8, 4) is 5.75 Å². The van der Waals surface area contributed by atoms with Gasteiger partial charge in [-0.05, 0) is 86.7 Å². The highest BCUT2D eigenvalue weighted by Gasteiger charge is 2.27. The molecule has 0 spiro atoms. The molecule has 174 valence electrons. The number of carboxylic acid groups (broad SMARTS) is 1. The van der Waals surface area contributed by atoms with Crippen molar-refractivity contribution in [2.75, 3.05) is 17.3 Å². The van der Waals surface area contributed by atoms with E-state index in [0.717, 1.165) is 22.6 Å². The van der Waals surface area contributed by atoms with E-state index in [0.29, 0.717) is 29.4 Å². The van der Waals surface area contributed by atoms with Gasteiger partial charge < -0.3 is 15.2 Å². The molecule has 0 atom stereocenters. The number of amides is 1. The summed E-state index contributed by atoms with van der Waals surface area (Å²) in [5.41, 5.74) is 2.87. The quantitative estimate of drug-likeness (QED) is 0.364. The molecule has 0 saturated heterocycles. The van der Waals surface area contributed by atoms with Crippen molar-refractivity contribution in [3.05, 3.63) is 70.1 Å². The van der Waals surface area contributed by atoms with Crippen molar-refractivity contribution >= 4 is 46.5 Å². The summed E-state index contributed by atoms with van der Waals surface area (Å²) >= 11 is 12.0. The van der Waals surface area contributed by atoms with Crippen LogP contribution in [0.5, 0.6) is 5.75 Å². The lowest BCUT2D eigenvalue weighted by atomic mass is 10.0. The number of hydrogen-bond donors (Lipinski definition) is 2. The standard InChI is InChI=1S/C24H26Cl2N4O3/c1-24(2,3)30(23(31)32)18-7-5-6-15(12-18)8-9-16-13-17(10-11-20(16)33-4)28-21-19(25)14-27-22(26)29-21/h5-7,10-14H,8-9H2,1-4H3,(H,31,32)(H,27,28,29). The van der Waals surface area contributed by atoms with Gasteiger partial charge in [0.25, 0.3) is 0 Å². The Morgan fingerprint density at radius 3 is 2.58 bits per heavy atom. The Labute approximate surface area is 203 Å². The van der Waals surface area contributed by atoms with E-state index in [-0.39, 0.29) is 5.28 Å². The minimum Gasteiger partial charge on any atom is -0.496 e. The van der Waals surface area contributed by atoms with Gasteiger partial charge in [0.05, 0.1) is 13.3 Å². The number of methoxy groups -OCH3 is 1. The molecule has 0 radical (unpaired) electrons. The molecule has 0 saturated carbocycles. The maximum Gasteiger partial charge on any atom is 0.412 e. The van der Waals surface area contributed by atoms with E-state index >= 15 is 0 Å². The summed E-state index contributed by atoms with van der Waals surface area (Å²) in [7, 11) is 1.63. The van der Waals surface area contributed by atoms with Gasteiger partial charge in [0, 0.05) is 16.9 Å². The fourth-order valence-electron chi connectivity index (χ4n) is 3.54. The van der Waals surface area contributed by atoms with Crippen LogP contribution in [0.3, 0.4) is 0 Å². The first-order valence-corrected chi connectivity index (χ1v) is 11.1. The van der Waals surface area contributed by atoms with Crippen molar-refractivity contribution in [2.24, 2.45) is 0 Å². The fraction of sp³-hybridized carbons (Fsp3) is 0.292. The minimum atomic E-state index is -0.983. The highest BCUT2D eigenvalue weighted by Crippen LogP contribution is 2.30. The van der Waals surface area contributed by atoms with Gasteiger partial charge in [-0.1, -0.05) is 23.7 Å². The summed E-state index contributed by atoms with van der Waals surface area (Å²) in [6.07, 6.45) is 1.84. The number of carbonyl (C=O) groups is 1. The molecule has 9 heteroatoms. The molecular weight excluding hydrogens is 463 g/mol. The summed E-state index contributed by atoms with van der Waals surface area (Å²) in [5.74, 6) is 1.17. The van der Waals surface area contributed by atoms with E-state index < -0.39 is 11.6 Å². The number of ether oxygens (including phenoxy) is 1. The molecule has 0 unspecified atom stereocenters. The van der Waals surface area contributed by atoms with Crippen LogP contribution in [0.4, 0.5) is 22.0 Å². The normalized spacial score (nSPS) is 11.2. The van der Waals surface area contributed by atoms with Crippen LogP contribution >= 0.6 is 23.2 Å². The van der Waals surface area contributed by atoms with E-state index in [2.05, 4.69) is 15.3 Å². The minimum absolute atomic E-state index is 0.0983. The Morgan fingerprint density at radius 2 is 1.91 bits per heavy atom. The van der Waals surface area contributed by atoms with Gasteiger partial charge in [0.1, 0.15) is 10.8 Å². The highest BCUT2D eigenvalue weighted by atomic mass is 35.5. The molecular formula is C24H26Cl2N4O3. The third-order valence-corrected chi connectivity index (χ3v) is 5.43. The lowest BCUT2D eigenvalue weighted by molar-refractivity contribution is 0.195. The van der Waals surface area contributed by atoms with Gasteiger partial charge in [-0.25, -0.2) is 9.78 Å². The first-order valence-electron chi connectivity index (χ1n) is 10.3. The number of aryl methyl sites for hydroxylation is 2. The number of benzene rings is 2. The lowest BCUT2D eigenvalue weighted by Crippen LogP contribution is -2.45. The average molecular weight is 489 g/mol. The van der Waals surface area contributed by atoms with Crippen LogP contribution in [-0.4, -0.2) is 33.8 Å². The second-order valence-electron chi connectivity index (χ2n) is 8.45. The van der Waals surface area contributed by atoms with Gasteiger partial charge in [0.15, 0.2) is 5.82 Å². The molecule has 7 nitrogen and oxygen atoms in total. The first kappa shape index (κ1) is 24.6. The van der Waals surface area contributed by atoms with Crippen LogP contribution < -0.4 is 15.0 Å². The van der Waals surface area contributed by atoms with E-state index in [1.807, 2.05) is 63.2 Å². The van der Waals surface area contributed by atoms with Crippen LogP contribution in [-0.2, 0) is 12.8 Å². The van der Waals surface area contributed by atoms with Crippen LogP contribution in [0.25, 0.3) is 0 Å². The Balaban J connectivity index is 1.82. The number of nitrogens with zero attached hydrogens (tertiary/aromatic N) is 3. The number of nitrogens with one attached hydrogen (secondary N) is 1. The molecule has 0 bridgehead atoms. The van der Waals surface area contributed by atoms with Crippen LogP contribution in [0.15, 0.2) is 48.7 Å². The van der Waals surface area contributed by atoms with Crippen molar-refractivity contribution in [1.82, 2.24) is 9.97 Å². The molecule has 1 amide bonds. The van der Waals surface area contributed by atoms with E-state index in [1.54, 1.807) is 7.11 Å². The van der Waals surface area contributed by atoms with E-state index in [1.165, 1.54) is 11.1 Å². The summed E-state index contributed by atoms with van der Waals surface area (Å²) in [6, 6.07) is 13.3. The Bertz CT molecular complexity index is 1150. The van der Waals surface area contributed by atoms with Gasteiger partial charge in [0.2, 0.25) is 5.28 Å². The zero-order valence-corrected chi connectivity index (χ0v) is 20.4. The highest BCUT2D eigenvalue weighted by molar-refractivity contribution is 6.33. The molecule has 0 aliphatic rings. The molecule has 1 heterocycles. The molecule has 0 aliphatic heterocycles. The van der Waals surface area contributed by atoms with Crippen LogP contribution in [0.1, 0.15) is 31.9 Å². The van der Waals surface area contributed by atoms with Crippen LogP contribution in [0, 0.1) is 0 Å². The number of rotatable bonds is 7. The largest absolute Gasteiger partial charge is 0.496 e. The maximum atomic E-state index is 11.8. The molecule has 0 fully saturated rings. The summed E-state index contributed by atoms with van der Waals surface area (Å²) in [5, 5.41) is 13.3. The number of aromatic nitrogens is 2. The van der Waals surface area contributed by atoms with Crippen molar-refractivity contribution < 1.29 is 14.6 Å². The topological polar surface area (TPSA) is 87.6 Å². The van der Waals surface area contributed by atoms with Crippen molar-refractivity contribution in [2.45, 2.75) is 39.2 Å². The molecule has 2 N–H and O–H groups in total. The molecule has 0 aliphatic carbocycles. The second kappa shape index (κ2) is 10.3. The van der Waals surface area contributed by atoms with Crippen LogP contribution in [0.2, 0.25) is 10.3 Å².